The summed E-state index contributed by atoms with van der Waals surface area (Å²) >= 11 is 0. The number of Topliss-reactive ketones (excluding diaryl/α,β-unsaturated/α-hetero) is 1. The Morgan fingerprint density at radius 2 is 2.07 bits per heavy atom. The van der Waals surface area contributed by atoms with Crippen molar-refractivity contribution < 1.29 is 28.2 Å². The van der Waals surface area contributed by atoms with Gasteiger partial charge in [-0.25, -0.2) is 8.78 Å². The third kappa shape index (κ3) is 3.39. The molecule has 0 bridgehead atoms. The lowest BCUT2D eigenvalue weighted by molar-refractivity contribution is -0.112. The third-order valence-corrected chi connectivity index (χ3v) is 5.61. The standard InChI is InChI=1S/C21H20F2N2O5/c1-11-6-7-30-17-10-24-9-14(19(27)20(28)18(24)21(29)25(11)17)16(26)5-3-12-2-4-13(22)8-15(12)23/h2,4,8-9,11,17,28H,3,5-7,10H2,1H3/t11-,17+/m0/s1. The van der Waals surface area contributed by atoms with Crippen molar-refractivity contribution in [2.24, 2.45) is 0 Å². The Morgan fingerprint density at radius 3 is 2.80 bits per heavy atom. The summed E-state index contributed by atoms with van der Waals surface area (Å²) in [6.45, 7) is 2.52. The predicted molar refractivity (Wildman–Crippen MR) is 101 cm³/mol. The van der Waals surface area contributed by atoms with Crippen molar-refractivity contribution in [1.29, 1.82) is 0 Å². The van der Waals surface area contributed by atoms with Crippen LogP contribution < -0.4 is 5.43 Å². The zero-order valence-corrected chi connectivity index (χ0v) is 16.2. The van der Waals surface area contributed by atoms with Gasteiger partial charge < -0.3 is 19.3 Å². The average Bonchev–Trinajstić information content (AvgIpc) is 2.69. The van der Waals surface area contributed by atoms with E-state index in [9.17, 15) is 28.3 Å². The first-order valence-electron chi connectivity index (χ1n) is 9.65. The quantitative estimate of drug-likeness (QED) is 0.770. The number of carbonyl (C=O) groups excluding carboxylic acids is 2. The summed E-state index contributed by atoms with van der Waals surface area (Å²) < 4.78 is 33.8. The third-order valence-electron chi connectivity index (χ3n) is 5.61. The Kier molecular flexibility index (Phi) is 5.15. The fraction of sp³-hybridized carbons (Fsp3) is 0.381. The minimum Gasteiger partial charge on any atom is -0.503 e. The van der Waals surface area contributed by atoms with E-state index in [2.05, 4.69) is 0 Å². The van der Waals surface area contributed by atoms with Gasteiger partial charge in [-0.05, 0) is 31.4 Å². The van der Waals surface area contributed by atoms with Crippen molar-refractivity contribution >= 4 is 11.7 Å². The number of ether oxygens (including phenoxy) is 1. The Labute approximate surface area is 170 Å². The van der Waals surface area contributed by atoms with Crippen LogP contribution in [-0.2, 0) is 17.7 Å². The van der Waals surface area contributed by atoms with Crippen molar-refractivity contribution in [3.63, 3.8) is 0 Å². The highest BCUT2D eigenvalue weighted by Crippen LogP contribution is 2.29. The molecule has 2 aromatic rings. The molecular weight excluding hydrogens is 398 g/mol. The topological polar surface area (TPSA) is 88.8 Å². The molecule has 7 nitrogen and oxygen atoms in total. The lowest BCUT2D eigenvalue weighted by atomic mass is 10.0. The maximum Gasteiger partial charge on any atom is 0.276 e. The number of hydrogen-bond donors (Lipinski definition) is 1. The van der Waals surface area contributed by atoms with Crippen LogP contribution in [0.1, 0.15) is 46.2 Å². The van der Waals surface area contributed by atoms with E-state index in [1.807, 2.05) is 6.92 Å². The normalized spacial score (nSPS) is 20.6. The summed E-state index contributed by atoms with van der Waals surface area (Å²) in [5, 5.41) is 10.4. The number of nitrogens with zero attached hydrogens (tertiary/aromatic N) is 2. The molecule has 4 rings (SSSR count). The van der Waals surface area contributed by atoms with Crippen molar-refractivity contribution in [3.8, 4) is 5.75 Å². The molecule has 3 heterocycles. The second kappa shape index (κ2) is 7.64. The van der Waals surface area contributed by atoms with Gasteiger partial charge in [-0.2, -0.15) is 0 Å². The number of amides is 1. The number of aromatic nitrogens is 1. The van der Waals surface area contributed by atoms with E-state index < -0.39 is 40.7 Å². The molecule has 1 fully saturated rings. The van der Waals surface area contributed by atoms with Gasteiger partial charge in [0, 0.05) is 24.7 Å². The minimum atomic E-state index is -0.941. The molecular formula is C21H20F2N2O5. The van der Waals surface area contributed by atoms with E-state index in [-0.39, 0.29) is 42.2 Å². The van der Waals surface area contributed by atoms with Gasteiger partial charge in [0.05, 0.1) is 18.7 Å². The largest absolute Gasteiger partial charge is 0.503 e. The first-order chi connectivity index (χ1) is 14.3. The van der Waals surface area contributed by atoms with Crippen LogP contribution in [0.5, 0.6) is 5.75 Å². The summed E-state index contributed by atoms with van der Waals surface area (Å²) in [5.74, 6) is -3.42. The van der Waals surface area contributed by atoms with Crippen molar-refractivity contribution in [3.05, 3.63) is 63.1 Å². The van der Waals surface area contributed by atoms with Crippen molar-refractivity contribution in [2.75, 3.05) is 6.61 Å². The number of aromatic hydroxyl groups is 1. The Morgan fingerprint density at radius 1 is 1.30 bits per heavy atom. The van der Waals surface area contributed by atoms with Gasteiger partial charge >= 0.3 is 0 Å². The lowest BCUT2D eigenvalue weighted by Gasteiger charge is -2.44. The first kappa shape index (κ1) is 20.2. The number of rotatable bonds is 4. The monoisotopic (exact) mass is 418 g/mol. The highest BCUT2D eigenvalue weighted by Gasteiger charge is 2.40. The van der Waals surface area contributed by atoms with Gasteiger partial charge in [0.25, 0.3) is 5.91 Å². The highest BCUT2D eigenvalue weighted by molar-refractivity contribution is 6.00. The molecule has 2 aliphatic heterocycles. The maximum atomic E-state index is 13.8. The SMILES string of the molecule is C[C@H]1CCO[C@@H]2Cn3cc(C(=O)CCc4ccc(F)cc4F)c(=O)c(O)c3C(=O)N12. The Hall–Kier alpha value is -3.07. The molecule has 1 aromatic heterocycles. The molecule has 2 atom stereocenters. The number of aryl methyl sites for hydroxylation is 1. The van der Waals surface area contributed by atoms with Crippen molar-refractivity contribution in [1.82, 2.24) is 9.47 Å². The molecule has 1 N–H and O–H groups in total. The van der Waals surface area contributed by atoms with E-state index in [4.69, 9.17) is 4.74 Å². The number of pyridine rings is 1. The van der Waals surface area contributed by atoms with Crippen LogP contribution in [0.15, 0.2) is 29.2 Å². The van der Waals surface area contributed by atoms with E-state index in [1.165, 1.54) is 21.7 Å². The Bertz CT molecular complexity index is 1100. The fourth-order valence-corrected chi connectivity index (χ4v) is 3.96. The smallest absolute Gasteiger partial charge is 0.276 e. The van der Waals surface area contributed by atoms with Gasteiger partial charge in [-0.15, -0.1) is 0 Å². The van der Waals surface area contributed by atoms with Gasteiger partial charge in [-0.3, -0.25) is 14.4 Å². The van der Waals surface area contributed by atoms with E-state index >= 15 is 0 Å². The summed E-state index contributed by atoms with van der Waals surface area (Å²) in [6.07, 6.45) is 1.09. The molecule has 9 heteroatoms. The number of hydrogen-bond acceptors (Lipinski definition) is 5. The van der Waals surface area contributed by atoms with Gasteiger partial charge in [0.2, 0.25) is 5.43 Å². The van der Waals surface area contributed by atoms with E-state index in [0.29, 0.717) is 13.0 Å². The molecule has 0 aliphatic carbocycles. The first-order valence-corrected chi connectivity index (χ1v) is 9.65. The second-order valence-electron chi connectivity index (χ2n) is 7.56. The molecule has 0 radical (unpaired) electrons. The molecule has 1 saturated heterocycles. The van der Waals surface area contributed by atoms with Crippen LogP contribution in [0.2, 0.25) is 0 Å². The van der Waals surface area contributed by atoms with Crippen LogP contribution in [0.4, 0.5) is 8.78 Å². The van der Waals surface area contributed by atoms with E-state index in [1.54, 1.807) is 0 Å². The zero-order chi connectivity index (χ0) is 21.6. The molecule has 0 spiro atoms. The number of halogens is 2. The van der Waals surface area contributed by atoms with Crippen LogP contribution in [-0.4, -0.2) is 45.1 Å². The number of fused-ring (bicyclic) bond motifs is 2. The van der Waals surface area contributed by atoms with Gasteiger partial charge in [-0.1, -0.05) is 6.07 Å². The summed E-state index contributed by atoms with van der Waals surface area (Å²) in [5.41, 5.74) is -1.26. The van der Waals surface area contributed by atoms with Crippen LogP contribution >= 0.6 is 0 Å². The average molecular weight is 418 g/mol. The highest BCUT2D eigenvalue weighted by atomic mass is 19.1. The fourth-order valence-electron chi connectivity index (χ4n) is 3.96. The lowest BCUT2D eigenvalue weighted by Crippen LogP contribution is -2.57. The van der Waals surface area contributed by atoms with Crippen molar-refractivity contribution in [2.45, 2.75) is 45.0 Å². The Balaban J connectivity index is 1.63. The molecule has 1 amide bonds. The zero-order valence-electron chi connectivity index (χ0n) is 16.2. The number of benzene rings is 1. The minimum absolute atomic E-state index is 0.0388. The summed E-state index contributed by atoms with van der Waals surface area (Å²) in [7, 11) is 0. The maximum absolute atomic E-state index is 13.8. The van der Waals surface area contributed by atoms with Crippen LogP contribution in [0.3, 0.4) is 0 Å². The second-order valence-corrected chi connectivity index (χ2v) is 7.56. The number of ketones is 1. The van der Waals surface area contributed by atoms with Crippen LogP contribution in [0, 0.1) is 11.6 Å². The van der Waals surface area contributed by atoms with Gasteiger partial charge in [0.1, 0.15) is 11.6 Å². The molecule has 1 aromatic carbocycles. The number of carbonyl (C=O) groups is 2. The summed E-state index contributed by atoms with van der Waals surface area (Å²) in [4.78, 5) is 39.6. The van der Waals surface area contributed by atoms with E-state index in [0.717, 1.165) is 12.1 Å². The summed E-state index contributed by atoms with van der Waals surface area (Å²) in [6, 6.07) is 2.95. The molecule has 30 heavy (non-hydrogen) atoms. The molecule has 0 saturated carbocycles. The van der Waals surface area contributed by atoms with Gasteiger partial charge in [0.15, 0.2) is 23.5 Å². The predicted octanol–water partition coefficient (Wildman–Crippen LogP) is 2.24. The molecule has 158 valence electrons. The van der Waals surface area contributed by atoms with Crippen LogP contribution in [0.25, 0.3) is 0 Å². The molecule has 2 aliphatic rings. The molecule has 0 unspecified atom stereocenters.